The summed E-state index contributed by atoms with van der Waals surface area (Å²) in [7, 11) is 0. The number of rotatable bonds is 5. The molecule has 0 aliphatic heterocycles. The van der Waals surface area contributed by atoms with Crippen LogP contribution in [0, 0.1) is 17.8 Å². The summed E-state index contributed by atoms with van der Waals surface area (Å²) < 4.78 is 0. The van der Waals surface area contributed by atoms with E-state index in [1.807, 2.05) is 0 Å². The third kappa shape index (κ3) is 5.43. The summed E-state index contributed by atoms with van der Waals surface area (Å²) in [5, 5.41) is 3.13. The van der Waals surface area contributed by atoms with E-state index in [-0.39, 0.29) is 5.91 Å². The molecule has 0 aromatic heterocycles. The Morgan fingerprint density at radius 3 is 2.60 bits per heavy atom. The molecule has 0 aromatic rings. The summed E-state index contributed by atoms with van der Waals surface area (Å²) in [5.74, 6) is 2.48. The van der Waals surface area contributed by atoms with Crippen LogP contribution in [-0.2, 0) is 4.79 Å². The van der Waals surface area contributed by atoms with Gasteiger partial charge in [-0.1, -0.05) is 32.6 Å². The molecule has 0 spiro atoms. The van der Waals surface area contributed by atoms with Crippen LogP contribution in [0.3, 0.4) is 0 Å². The highest BCUT2D eigenvalue weighted by molar-refractivity contribution is 5.76. The normalized spacial score (nSPS) is 34.7. The zero-order chi connectivity index (χ0) is 14.4. The molecule has 20 heavy (non-hydrogen) atoms. The predicted molar refractivity (Wildman–Crippen MR) is 83.3 cm³/mol. The second-order valence-corrected chi connectivity index (χ2v) is 7.27. The first kappa shape index (κ1) is 15.8. The van der Waals surface area contributed by atoms with Gasteiger partial charge in [0.2, 0.25) is 5.91 Å². The van der Waals surface area contributed by atoms with Gasteiger partial charge in [0.25, 0.3) is 0 Å². The van der Waals surface area contributed by atoms with E-state index < -0.39 is 0 Å². The van der Waals surface area contributed by atoms with Gasteiger partial charge in [-0.3, -0.25) is 4.79 Å². The largest absolute Gasteiger partial charge is 0.356 e. The monoisotopic (exact) mass is 280 g/mol. The second kappa shape index (κ2) is 8.02. The smallest absolute Gasteiger partial charge is 0.220 e. The molecule has 3 N–H and O–H groups in total. The van der Waals surface area contributed by atoms with Crippen molar-refractivity contribution in [2.45, 2.75) is 77.2 Å². The van der Waals surface area contributed by atoms with Crippen LogP contribution in [0.2, 0.25) is 0 Å². The fourth-order valence-corrected chi connectivity index (χ4v) is 4.09. The molecular formula is C17H32N2O. The molecule has 2 aliphatic rings. The molecule has 2 rings (SSSR count). The molecule has 0 radical (unpaired) electrons. The number of carbonyl (C=O) groups is 1. The van der Waals surface area contributed by atoms with E-state index in [4.69, 9.17) is 5.73 Å². The van der Waals surface area contributed by atoms with E-state index in [2.05, 4.69) is 12.2 Å². The molecule has 116 valence electrons. The lowest BCUT2D eigenvalue weighted by atomic mass is 9.81. The van der Waals surface area contributed by atoms with E-state index >= 15 is 0 Å². The summed E-state index contributed by atoms with van der Waals surface area (Å²) in [6.45, 7) is 3.23. The molecule has 0 aromatic carbocycles. The molecule has 4 unspecified atom stereocenters. The average Bonchev–Trinajstić information content (AvgIpc) is 2.38. The van der Waals surface area contributed by atoms with Gasteiger partial charge in [0, 0.05) is 19.0 Å². The van der Waals surface area contributed by atoms with Crippen LogP contribution < -0.4 is 11.1 Å². The van der Waals surface area contributed by atoms with Gasteiger partial charge in [-0.15, -0.1) is 0 Å². The average molecular weight is 280 g/mol. The molecule has 2 aliphatic carbocycles. The summed E-state index contributed by atoms with van der Waals surface area (Å²) >= 11 is 0. The molecule has 2 fully saturated rings. The quantitative estimate of drug-likeness (QED) is 0.812. The van der Waals surface area contributed by atoms with E-state index in [0.717, 1.165) is 31.2 Å². The van der Waals surface area contributed by atoms with E-state index in [1.54, 1.807) is 0 Å². The summed E-state index contributed by atoms with van der Waals surface area (Å²) in [6, 6.07) is 0.324. The molecular weight excluding hydrogens is 248 g/mol. The van der Waals surface area contributed by atoms with Gasteiger partial charge < -0.3 is 11.1 Å². The van der Waals surface area contributed by atoms with Gasteiger partial charge in [0.15, 0.2) is 0 Å². The van der Waals surface area contributed by atoms with Gasteiger partial charge in [-0.2, -0.15) is 0 Å². The third-order valence-electron chi connectivity index (χ3n) is 5.22. The van der Waals surface area contributed by atoms with Crippen molar-refractivity contribution in [1.29, 1.82) is 0 Å². The van der Waals surface area contributed by atoms with Crippen molar-refractivity contribution in [2.24, 2.45) is 23.5 Å². The molecule has 3 heteroatoms. The van der Waals surface area contributed by atoms with Crippen LogP contribution in [0.5, 0.6) is 0 Å². The van der Waals surface area contributed by atoms with Gasteiger partial charge in [-0.25, -0.2) is 0 Å². The number of hydrogen-bond donors (Lipinski definition) is 2. The highest BCUT2D eigenvalue weighted by Crippen LogP contribution is 2.30. The standard InChI is InChI=1S/C17H32N2O/c1-13-4-2-5-14(10-13)8-9-19-17(20)12-15-6-3-7-16(18)11-15/h13-16H,2-12,18H2,1H3,(H,19,20). The molecule has 0 saturated heterocycles. The van der Waals surface area contributed by atoms with Crippen LogP contribution in [-0.4, -0.2) is 18.5 Å². The minimum absolute atomic E-state index is 0.243. The third-order valence-corrected chi connectivity index (χ3v) is 5.22. The van der Waals surface area contributed by atoms with E-state index in [1.165, 1.54) is 44.9 Å². The van der Waals surface area contributed by atoms with Crippen molar-refractivity contribution >= 4 is 5.91 Å². The Morgan fingerprint density at radius 1 is 1.10 bits per heavy atom. The van der Waals surface area contributed by atoms with Crippen LogP contribution in [0.1, 0.15) is 71.1 Å². The second-order valence-electron chi connectivity index (χ2n) is 7.27. The maximum Gasteiger partial charge on any atom is 0.220 e. The first-order valence-corrected chi connectivity index (χ1v) is 8.65. The molecule has 0 bridgehead atoms. The summed E-state index contributed by atoms with van der Waals surface area (Å²) in [5.41, 5.74) is 5.98. The van der Waals surface area contributed by atoms with Crippen LogP contribution >= 0.6 is 0 Å². The van der Waals surface area contributed by atoms with Crippen molar-refractivity contribution < 1.29 is 4.79 Å². The van der Waals surface area contributed by atoms with Crippen molar-refractivity contribution in [3.05, 3.63) is 0 Å². The minimum atomic E-state index is 0.243. The molecule has 2 saturated carbocycles. The highest BCUT2D eigenvalue weighted by Gasteiger charge is 2.22. The summed E-state index contributed by atoms with van der Waals surface area (Å²) in [4.78, 5) is 12.0. The minimum Gasteiger partial charge on any atom is -0.356 e. The fourth-order valence-electron chi connectivity index (χ4n) is 4.09. The maximum atomic E-state index is 12.0. The van der Waals surface area contributed by atoms with Crippen LogP contribution in [0.25, 0.3) is 0 Å². The van der Waals surface area contributed by atoms with Crippen molar-refractivity contribution in [2.75, 3.05) is 6.54 Å². The fraction of sp³-hybridized carbons (Fsp3) is 0.941. The van der Waals surface area contributed by atoms with E-state index in [0.29, 0.717) is 18.4 Å². The number of hydrogen-bond acceptors (Lipinski definition) is 2. The highest BCUT2D eigenvalue weighted by atomic mass is 16.1. The zero-order valence-electron chi connectivity index (χ0n) is 13.1. The van der Waals surface area contributed by atoms with E-state index in [9.17, 15) is 4.79 Å². The first-order chi connectivity index (χ1) is 9.63. The Balaban J connectivity index is 1.57. The van der Waals surface area contributed by atoms with Gasteiger partial charge in [0.1, 0.15) is 0 Å². The Kier molecular flexibility index (Phi) is 6.34. The van der Waals surface area contributed by atoms with Gasteiger partial charge in [-0.05, 0) is 49.9 Å². The Morgan fingerprint density at radius 2 is 1.85 bits per heavy atom. The van der Waals surface area contributed by atoms with Crippen LogP contribution in [0.15, 0.2) is 0 Å². The Labute approximate surface area is 124 Å². The Hall–Kier alpha value is -0.570. The molecule has 4 atom stereocenters. The maximum absolute atomic E-state index is 12.0. The lowest BCUT2D eigenvalue weighted by Crippen LogP contribution is -2.33. The lowest BCUT2D eigenvalue weighted by Gasteiger charge is -2.27. The number of nitrogens with one attached hydrogen (secondary N) is 1. The molecule has 0 heterocycles. The summed E-state index contributed by atoms with van der Waals surface area (Å²) in [6.07, 6.45) is 11.9. The molecule has 3 nitrogen and oxygen atoms in total. The SMILES string of the molecule is CC1CCCC(CCNC(=O)CC2CCCC(N)C2)C1. The van der Waals surface area contributed by atoms with Crippen molar-refractivity contribution in [1.82, 2.24) is 5.32 Å². The molecule has 1 amide bonds. The lowest BCUT2D eigenvalue weighted by molar-refractivity contribution is -0.122. The zero-order valence-corrected chi connectivity index (χ0v) is 13.1. The first-order valence-electron chi connectivity index (χ1n) is 8.65. The number of amides is 1. The van der Waals surface area contributed by atoms with Crippen molar-refractivity contribution in [3.63, 3.8) is 0 Å². The number of nitrogens with two attached hydrogens (primary N) is 1. The predicted octanol–water partition coefficient (Wildman–Crippen LogP) is 3.23. The number of carbonyl (C=O) groups excluding carboxylic acids is 1. The van der Waals surface area contributed by atoms with Gasteiger partial charge >= 0.3 is 0 Å². The van der Waals surface area contributed by atoms with Crippen molar-refractivity contribution in [3.8, 4) is 0 Å². The topological polar surface area (TPSA) is 55.1 Å². The Bertz CT molecular complexity index is 305. The van der Waals surface area contributed by atoms with Crippen LogP contribution in [0.4, 0.5) is 0 Å². The van der Waals surface area contributed by atoms with Gasteiger partial charge in [0.05, 0.1) is 0 Å².